The van der Waals surface area contributed by atoms with E-state index >= 15 is 0 Å². The smallest absolute Gasteiger partial charge is 0.266 e. The van der Waals surface area contributed by atoms with Crippen LogP contribution in [0.15, 0.2) is 71.7 Å². The number of aryl methyl sites for hydroxylation is 1. The molecule has 3 aromatic heterocycles. The van der Waals surface area contributed by atoms with Crippen LogP contribution in [-0.4, -0.2) is 19.4 Å². The average Bonchev–Trinajstić information content (AvgIpc) is 3.10. The molecular weight excluding hydrogens is 338 g/mol. The molecule has 0 amide bonds. The van der Waals surface area contributed by atoms with Crippen molar-refractivity contribution in [3.8, 4) is 28.6 Å². The molecule has 0 aliphatic carbocycles. The number of unbranched alkanes of at least 4 members (excludes halogenated alkanes) is 1. The SMILES string of the molecule is N#CCCCn1nc(-c2c(-c3ccccc3)nn3ccccc23)ccc1=O. The van der Waals surface area contributed by atoms with Crippen molar-refractivity contribution in [2.24, 2.45) is 0 Å². The Kier molecular flexibility index (Phi) is 4.50. The number of nitriles is 1. The number of pyridine rings is 1. The fourth-order valence-electron chi connectivity index (χ4n) is 3.10. The summed E-state index contributed by atoms with van der Waals surface area (Å²) in [7, 11) is 0. The predicted octanol–water partition coefficient (Wildman–Crippen LogP) is 3.53. The molecule has 0 fully saturated rings. The second kappa shape index (κ2) is 7.26. The molecule has 0 radical (unpaired) electrons. The van der Waals surface area contributed by atoms with E-state index in [0.29, 0.717) is 25.1 Å². The number of nitrogens with zero attached hydrogens (tertiary/aromatic N) is 5. The van der Waals surface area contributed by atoms with Crippen LogP contribution < -0.4 is 5.56 Å². The highest BCUT2D eigenvalue weighted by molar-refractivity contribution is 5.90. The van der Waals surface area contributed by atoms with E-state index in [4.69, 9.17) is 10.4 Å². The monoisotopic (exact) mass is 355 g/mol. The molecule has 6 heteroatoms. The van der Waals surface area contributed by atoms with Crippen LogP contribution in [0.3, 0.4) is 0 Å². The molecule has 0 spiro atoms. The van der Waals surface area contributed by atoms with Crippen LogP contribution >= 0.6 is 0 Å². The Balaban J connectivity index is 1.90. The van der Waals surface area contributed by atoms with Crippen LogP contribution in [0.2, 0.25) is 0 Å². The van der Waals surface area contributed by atoms with Gasteiger partial charge in [-0.15, -0.1) is 0 Å². The molecule has 1 aromatic carbocycles. The highest BCUT2D eigenvalue weighted by Gasteiger charge is 2.18. The third-order valence-corrected chi connectivity index (χ3v) is 4.37. The third-order valence-electron chi connectivity index (χ3n) is 4.37. The molecule has 0 unspecified atom stereocenters. The summed E-state index contributed by atoms with van der Waals surface area (Å²) in [6, 6.07) is 21.2. The molecule has 0 aliphatic rings. The van der Waals surface area contributed by atoms with Crippen molar-refractivity contribution < 1.29 is 0 Å². The summed E-state index contributed by atoms with van der Waals surface area (Å²) in [6.45, 7) is 0.417. The van der Waals surface area contributed by atoms with E-state index < -0.39 is 0 Å². The first-order valence-corrected chi connectivity index (χ1v) is 8.76. The van der Waals surface area contributed by atoms with E-state index in [-0.39, 0.29) is 5.56 Å². The first kappa shape index (κ1) is 16.7. The first-order chi connectivity index (χ1) is 13.3. The Morgan fingerprint density at radius 1 is 0.963 bits per heavy atom. The standard InChI is InChI=1S/C21H17N5O/c22-13-5-7-15-26-19(27)12-11-17(23-26)20-18-10-4-6-14-25(18)24-21(20)16-8-2-1-3-9-16/h1-4,6,8-12,14H,5,7,15H2. The lowest BCUT2D eigenvalue weighted by Crippen LogP contribution is -2.22. The van der Waals surface area contributed by atoms with Crippen molar-refractivity contribution >= 4 is 5.52 Å². The number of rotatable bonds is 5. The molecular formula is C21H17N5O. The van der Waals surface area contributed by atoms with E-state index in [1.165, 1.54) is 10.7 Å². The minimum absolute atomic E-state index is 0.172. The number of benzene rings is 1. The molecule has 0 aliphatic heterocycles. The van der Waals surface area contributed by atoms with Gasteiger partial charge >= 0.3 is 0 Å². The van der Waals surface area contributed by atoms with Gasteiger partial charge in [-0.25, -0.2) is 9.20 Å². The van der Waals surface area contributed by atoms with Crippen LogP contribution in [0.25, 0.3) is 28.0 Å². The molecule has 0 bridgehead atoms. The predicted molar refractivity (Wildman–Crippen MR) is 103 cm³/mol. The van der Waals surface area contributed by atoms with Crippen LogP contribution in [0, 0.1) is 11.3 Å². The molecule has 27 heavy (non-hydrogen) atoms. The van der Waals surface area contributed by atoms with Gasteiger partial charge in [-0.05, 0) is 24.6 Å². The molecule has 0 N–H and O–H groups in total. The molecule has 6 nitrogen and oxygen atoms in total. The maximum atomic E-state index is 12.2. The molecule has 0 atom stereocenters. The van der Waals surface area contributed by atoms with Crippen molar-refractivity contribution in [2.45, 2.75) is 19.4 Å². The lowest BCUT2D eigenvalue weighted by atomic mass is 10.0. The normalized spacial score (nSPS) is 10.8. The van der Waals surface area contributed by atoms with Gasteiger partial charge in [0, 0.05) is 30.8 Å². The van der Waals surface area contributed by atoms with Gasteiger partial charge in [-0.1, -0.05) is 36.4 Å². The molecule has 4 rings (SSSR count). The number of hydrogen-bond acceptors (Lipinski definition) is 4. The summed E-state index contributed by atoms with van der Waals surface area (Å²) in [5, 5.41) is 18.0. The van der Waals surface area contributed by atoms with E-state index in [0.717, 1.165) is 22.3 Å². The van der Waals surface area contributed by atoms with Crippen molar-refractivity contribution in [1.29, 1.82) is 5.26 Å². The topological polar surface area (TPSA) is 76.0 Å². The fraction of sp³-hybridized carbons (Fsp3) is 0.143. The summed E-state index contributed by atoms with van der Waals surface area (Å²) in [6.07, 6.45) is 2.88. The van der Waals surface area contributed by atoms with Crippen molar-refractivity contribution in [3.05, 3.63) is 77.2 Å². The second-order valence-corrected chi connectivity index (χ2v) is 6.16. The molecule has 132 valence electrons. The number of hydrogen-bond donors (Lipinski definition) is 0. The van der Waals surface area contributed by atoms with Gasteiger partial charge in [0.05, 0.1) is 22.8 Å². The second-order valence-electron chi connectivity index (χ2n) is 6.16. The molecule has 4 aromatic rings. The van der Waals surface area contributed by atoms with Crippen LogP contribution in [0.1, 0.15) is 12.8 Å². The number of aromatic nitrogens is 4. The first-order valence-electron chi connectivity index (χ1n) is 8.76. The van der Waals surface area contributed by atoms with Crippen molar-refractivity contribution in [3.63, 3.8) is 0 Å². The lowest BCUT2D eigenvalue weighted by molar-refractivity contribution is 0.557. The van der Waals surface area contributed by atoms with Crippen molar-refractivity contribution in [1.82, 2.24) is 19.4 Å². The summed E-state index contributed by atoms with van der Waals surface area (Å²) in [5.41, 5.74) is 4.12. The molecule has 0 saturated carbocycles. The maximum absolute atomic E-state index is 12.2. The average molecular weight is 355 g/mol. The Morgan fingerprint density at radius 3 is 2.59 bits per heavy atom. The van der Waals surface area contributed by atoms with Gasteiger partial charge in [0.2, 0.25) is 0 Å². The highest BCUT2D eigenvalue weighted by Crippen LogP contribution is 2.33. The van der Waals surface area contributed by atoms with Gasteiger partial charge in [0.1, 0.15) is 5.69 Å². The van der Waals surface area contributed by atoms with Crippen LogP contribution in [0.4, 0.5) is 0 Å². The van der Waals surface area contributed by atoms with Gasteiger partial charge in [0.15, 0.2) is 0 Å². The minimum Gasteiger partial charge on any atom is -0.268 e. The van der Waals surface area contributed by atoms with Crippen molar-refractivity contribution in [2.75, 3.05) is 0 Å². The van der Waals surface area contributed by atoms with Crippen LogP contribution in [0.5, 0.6) is 0 Å². The quantitative estimate of drug-likeness (QED) is 0.513. The van der Waals surface area contributed by atoms with E-state index in [2.05, 4.69) is 11.2 Å². The minimum atomic E-state index is -0.172. The Labute approximate surface area is 155 Å². The Bertz CT molecular complexity index is 1180. The zero-order valence-corrected chi connectivity index (χ0v) is 14.6. The highest BCUT2D eigenvalue weighted by atomic mass is 16.1. The third kappa shape index (κ3) is 3.23. The summed E-state index contributed by atoms with van der Waals surface area (Å²) < 4.78 is 3.25. The van der Waals surface area contributed by atoms with E-state index in [1.807, 2.05) is 59.2 Å². The Hall–Kier alpha value is -3.72. The lowest BCUT2D eigenvalue weighted by Gasteiger charge is -2.07. The summed E-state index contributed by atoms with van der Waals surface area (Å²) in [4.78, 5) is 12.2. The van der Waals surface area contributed by atoms with Gasteiger partial charge in [0.25, 0.3) is 5.56 Å². The zero-order chi connectivity index (χ0) is 18.6. The number of fused-ring (bicyclic) bond motifs is 1. The molecule has 3 heterocycles. The fourth-order valence-corrected chi connectivity index (χ4v) is 3.10. The summed E-state index contributed by atoms with van der Waals surface area (Å²) >= 11 is 0. The Morgan fingerprint density at radius 2 is 1.78 bits per heavy atom. The van der Waals surface area contributed by atoms with Gasteiger partial charge in [-0.2, -0.15) is 15.5 Å². The van der Waals surface area contributed by atoms with Gasteiger partial charge < -0.3 is 0 Å². The van der Waals surface area contributed by atoms with Gasteiger partial charge in [-0.3, -0.25) is 4.79 Å². The van der Waals surface area contributed by atoms with E-state index in [1.54, 1.807) is 6.07 Å². The van der Waals surface area contributed by atoms with Crippen LogP contribution in [-0.2, 0) is 6.54 Å². The largest absolute Gasteiger partial charge is 0.268 e. The molecule has 0 saturated heterocycles. The maximum Gasteiger partial charge on any atom is 0.266 e. The zero-order valence-electron chi connectivity index (χ0n) is 14.6. The van der Waals surface area contributed by atoms with E-state index in [9.17, 15) is 4.79 Å². The summed E-state index contributed by atoms with van der Waals surface area (Å²) in [5.74, 6) is 0.